The maximum absolute atomic E-state index is 12.7. The van der Waals surface area contributed by atoms with Crippen molar-refractivity contribution in [2.45, 2.75) is 25.8 Å². The van der Waals surface area contributed by atoms with Gasteiger partial charge in [0, 0.05) is 10.6 Å². The lowest BCUT2D eigenvalue weighted by Crippen LogP contribution is -2.41. The van der Waals surface area contributed by atoms with Crippen LogP contribution < -0.4 is 10.6 Å². The minimum atomic E-state index is -1.12. The summed E-state index contributed by atoms with van der Waals surface area (Å²) in [4.78, 5) is 38.8. The van der Waals surface area contributed by atoms with Gasteiger partial charge < -0.3 is 10.6 Å². The highest BCUT2D eigenvalue weighted by Gasteiger charge is 2.50. The number of nitrogens with one attached hydrogen (secondary N) is 2. The van der Waals surface area contributed by atoms with E-state index in [9.17, 15) is 14.4 Å². The van der Waals surface area contributed by atoms with Crippen LogP contribution in [0.25, 0.3) is 0 Å². The van der Waals surface area contributed by atoms with Gasteiger partial charge in [0.2, 0.25) is 5.91 Å². The predicted molar refractivity (Wildman–Crippen MR) is 96.4 cm³/mol. The van der Waals surface area contributed by atoms with Crippen molar-refractivity contribution in [2.75, 3.05) is 11.9 Å². The Labute approximate surface area is 149 Å². The monoisotopic (exact) mass is 357 g/mol. The number of carbonyl (C=O) groups is 3. The maximum atomic E-state index is 12.7. The van der Waals surface area contributed by atoms with Gasteiger partial charge in [0.25, 0.3) is 5.91 Å². The van der Waals surface area contributed by atoms with Crippen LogP contribution in [0.4, 0.5) is 10.5 Å². The number of anilines is 1. The summed E-state index contributed by atoms with van der Waals surface area (Å²) in [5.41, 5.74) is 0.683. The number of nitrogens with zero attached hydrogens (tertiary/aromatic N) is 1. The van der Waals surface area contributed by atoms with E-state index in [2.05, 4.69) is 17.6 Å². The van der Waals surface area contributed by atoms with Gasteiger partial charge in [0.15, 0.2) is 5.54 Å². The third-order valence-corrected chi connectivity index (χ3v) is 5.33. The van der Waals surface area contributed by atoms with Crippen LogP contribution in [-0.2, 0) is 21.5 Å². The van der Waals surface area contributed by atoms with Gasteiger partial charge in [-0.3, -0.25) is 14.5 Å². The number of carbonyl (C=O) groups excluding carboxylic acids is 3. The molecule has 2 heterocycles. The van der Waals surface area contributed by atoms with E-state index in [1.165, 1.54) is 16.9 Å². The first-order valence-electron chi connectivity index (χ1n) is 8.01. The summed E-state index contributed by atoms with van der Waals surface area (Å²) >= 11 is 1.39. The first-order valence-corrected chi connectivity index (χ1v) is 8.89. The van der Waals surface area contributed by atoms with E-state index in [4.69, 9.17) is 0 Å². The summed E-state index contributed by atoms with van der Waals surface area (Å²) < 4.78 is 0. The number of amides is 4. The average Bonchev–Trinajstić information content (AvgIpc) is 3.20. The van der Waals surface area contributed by atoms with Crippen LogP contribution in [0, 0.1) is 0 Å². The topological polar surface area (TPSA) is 78.5 Å². The predicted octanol–water partition coefficient (Wildman–Crippen LogP) is 2.72. The van der Waals surface area contributed by atoms with E-state index in [0.29, 0.717) is 5.69 Å². The Morgan fingerprint density at radius 2 is 1.96 bits per heavy atom. The molecule has 130 valence electrons. The Morgan fingerprint density at radius 1 is 1.24 bits per heavy atom. The lowest BCUT2D eigenvalue weighted by molar-refractivity contribution is -0.133. The number of thiophene rings is 1. The van der Waals surface area contributed by atoms with Crippen molar-refractivity contribution >= 4 is 34.9 Å². The van der Waals surface area contributed by atoms with E-state index < -0.39 is 23.4 Å². The molecule has 1 unspecified atom stereocenters. The summed E-state index contributed by atoms with van der Waals surface area (Å²) in [6, 6.07) is 10.5. The first kappa shape index (κ1) is 17.2. The molecule has 0 spiro atoms. The zero-order valence-corrected chi connectivity index (χ0v) is 14.9. The van der Waals surface area contributed by atoms with Gasteiger partial charge >= 0.3 is 6.03 Å². The Hall–Kier alpha value is -2.67. The van der Waals surface area contributed by atoms with Crippen molar-refractivity contribution in [2.24, 2.45) is 0 Å². The second-order valence-electron chi connectivity index (χ2n) is 6.02. The van der Waals surface area contributed by atoms with Crippen molar-refractivity contribution in [1.29, 1.82) is 0 Å². The minimum Gasteiger partial charge on any atom is -0.325 e. The third-order valence-electron chi connectivity index (χ3n) is 4.24. The van der Waals surface area contributed by atoms with Gasteiger partial charge in [0.05, 0.1) is 0 Å². The first-order chi connectivity index (χ1) is 11.9. The van der Waals surface area contributed by atoms with Gasteiger partial charge in [-0.15, -0.1) is 11.3 Å². The SMILES string of the molecule is CCc1ccc(NC(=O)CN2C(=O)NC(C)(c3cccs3)C2=O)cc1. The molecule has 6 nitrogen and oxygen atoms in total. The van der Waals surface area contributed by atoms with Crippen LogP contribution in [0.5, 0.6) is 0 Å². The fraction of sp³-hybridized carbons (Fsp3) is 0.278. The van der Waals surface area contributed by atoms with Crippen LogP contribution >= 0.6 is 11.3 Å². The Morgan fingerprint density at radius 3 is 2.56 bits per heavy atom. The van der Waals surface area contributed by atoms with Crippen LogP contribution in [0.15, 0.2) is 41.8 Å². The third kappa shape index (κ3) is 3.28. The number of hydrogen-bond acceptors (Lipinski definition) is 4. The number of benzene rings is 1. The zero-order valence-electron chi connectivity index (χ0n) is 14.0. The molecule has 0 bridgehead atoms. The van der Waals surface area contributed by atoms with Gasteiger partial charge in [-0.25, -0.2) is 4.79 Å². The largest absolute Gasteiger partial charge is 0.325 e. The van der Waals surface area contributed by atoms with Gasteiger partial charge in [-0.2, -0.15) is 0 Å². The summed E-state index contributed by atoms with van der Waals surface area (Å²) in [5, 5.41) is 7.24. The maximum Gasteiger partial charge on any atom is 0.325 e. The van der Waals surface area contributed by atoms with Crippen LogP contribution in [0.2, 0.25) is 0 Å². The zero-order chi connectivity index (χ0) is 18.0. The highest BCUT2D eigenvalue weighted by atomic mass is 32.1. The van der Waals surface area contributed by atoms with E-state index in [-0.39, 0.29) is 6.54 Å². The standard InChI is InChI=1S/C18H19N3O3S/c1-3-12-6-8-13(9-7-12)19-15(22)11-21-16(23)18(2,20-17(21)24)14-5-4-10-25-14/h4-10H,3,11H2,1-2H3,(H,19,22)(H,20,24). The molecule has 2 N–H and O–H groups in total. The van der Waals surface area contributed by atoms with E-state index in [1.807, 2.05) is 23.6 Å². The molecular weight excluding hydrogens is 338 g/mol. The van der Waals surface area contributed by atoms with E-state index >= 15 is 0 Å². The molecule has 1 aromatic carbocycles. The molecule has 1 fully saturated rings. The molecule has 7 heteroatoms. The number of rotatable bonds is 5. The fourth-order valence-electron chi connectivity index (χ4n) is 2.74. The van der Waals surface area contributed by atoms with Crippen LogP contribution in [0.3, 0.4) is 0 Å². The molecule has 4 amide bonds. The summed E-state index contributed by atoms with van der Waals surface area (Å²) in [7, 11) is 0. The molecule has 25 heavy (non-hydrogen) atoms. The molecule has 1 aliphatic heterocycles. The van der Waals surface area contributed by atoms with Crippen molar-refractivity contribution in [3.05, 3.63) is 52.2 Å². The number of urea groups is 1. The number of imide groups is 1. The summed E-state index contributed by atoms with van der Waals surface area (Å²) in [5.74, 6) is -0.834. The normalized spacial score (nSPS) is 19.8. The number of aryl methyl sites for hydroxylation is 1. The molecule has 3 rings (SSSR count). The highest BCUT2D eigenvalue weighted by Crippen LogP contribution is 2.31. The van der Waals surface area contributed by atoms with Crippen molar-refractivity contribution in [1.82, 2.24) is 10.2 Å². The molecule has 0 radical (unpaired) electrons. The summed E-state index contributed by atoms with van der Waals surface area (Å²) in [6.07, 6.45) is 0.915. The van der Waals surface area contributed by atoms with Crippen molar-refractivity contribution in [3.8, 4) is 0 Å². The smallest absolute Gasteiger partial charge is 0.325 e. The Bertz CT molecular complexity index is 801. The van der Waals surface area contributed by atoms with E-state index in [1.54, 1.807) is 25.1 Å². The van der Waals surface area contributed by atoms with Crippen LogP contribution in [0.1, 0.15) is 24.3 Å². The van der Waals surface area contributed by atoms with Gasteiger partial charge in [-0.1, -0.05) is 25.1 Å². The lowest BCUT2D eigenvalue weighted by atomic mass is 10.0. The molecule has 1 saturated heterocycles. The highest BCUT2D eigenvalue weighted by molar-refractivity contribution is 7.10. The molecule has 0 saturated carbocycles. The quantitative estimate of drug-likeness (QED) is 0.808. The van der Waals surface area contributed by atoms with Crippen molar-refractivity contribution in [3.63, 3.8) is 0 Å². The molecule has 0 aliphatic carbocycles. The lowest BCUT2D eigenvalue weighted by Gasteiger charge is -2.20. The molecule has 1 aromatic heterocycles. The molecule has 2 aromatic rings. The average molecular weight is 357 g/mol. The van der Waals surface area contributed by atoms with Crippen molar-refractivity contribution < 1.29 is 14.4 Å². The van der Waals surface area contributed by atoms with Crippen LogP contribution in [-0.4, -0.2) is 29.3 Å². The van der Waals surface area contributed by atoms with E-state index in [0.717, 1.165) is 16.2 Å². The Balaban J connectivity index is 1.68. The second kappa shape index (κ2) is 6.68. The van der Waals surface area contributed by atoms with Gasteiger partial charge in [-0.05, 0) is 42.5 Å². The van der Waals surface area contributed by atoms with Gasteiger partial charge in [0.1, 0.15) is 6.54 Å². The molecule has 1 aliphatic rings. The minimum absolute atomic E-state index is 0.318. The second-order valence-corrected chi connectivity index (χ2v) is 6.97. The molecular formula is C18H19N3O3S. The number of hydrogen-bond donors (Lipinski definition) is 2. The fourth-order valence-corrected chi connectivity index (χ4v) is 3.57. The molecule has 1 atom stereocenters. The Kier molecular flexibility index (Phi) is 4.59. The summed E-state index contributed by atoms with van der Waals surface area (Å²) in [6.45, 7) is 3.39.